The van der Waals surface area contributed by atoms with Gasteiger partial charge >= 0.3 is 0 Å². The Bertz CT molecular complexity index is 929. The number of aromatic hydroxyl groups is 1. The fourth-order valence-electron chi connectivity index (χ4n) is 2.96. The lowest BCUT2D eigenvalue weighted by molar-refractivity contribution is 0.0653. The van der Waals surface area contributed by atoms with E-state index in [1.54, 1.807) is 24.3 Å². The number of hydrogen-bond acceptors (Lipinski definition) is 5. The molecule has 2 aromatic carbocycles. The van der Waals surface area contributed by atoms with Crippen molar-refractivity contribution < 1.29 is 19.7 Å². The quantitative estimate of drug-likeness (QED) is 0.694. The fourth-order valence-corrected chi connectivity index (χ4v) is 3.07. The Morgan fingerprint density at radius 3 is 2.81 bits per heavy atom. The van der Waals surface area contributed by atoms with Gasteiger partial charge in [-0.25, -0.2) is 4.98 Å². The van der Waals surface area contributed by atoms with Gasteiger partial charge in [0, 0.05) is 24.2 Å². The zero-order chi connectivity index (χ0) is 18.1. The van der Waals surface area contributed by atoms with Crippen molar-refractivity contribution in [3.8, 4) is 23.1 Å². The summed E-state index contributed by atoms with van der Waals surface area (Å²) in [4.78, 5) is 4.12. The number of phenols is 1. The van der Waals surface area contributed by atoms with Crippen molar-refractivity contribution in [3.63, 3.8) is 0 Å². The molecule has 132 valence electrons. The first-order valence-corrected chi connectivity index (χ1v) is 8.53. The summed E-state index contributed by atoms with van der Waals surface area (Å²) in [6, 6.07) is 15.6. The molecular weight excluding hydrogens is 354 g/mol. The Hall–Kier alpha value is -2.76. The number of aliphatic hydroxyl groups is 1. The third kappa shape index (κ3) is 3.45. The third-order valence-corrected chi connectivity index (χ3v) is 4.44. The average Bonchev–Trinajstić information content (AvgIpc) is 2.64. The maximum absolute atomic E-state index is 10.4. The van der Waals surface area contributed by atoms with Gasteiger partial charge in [0.1, 0.15) is 23.4 Å². The van der Waals surface area contributed by atoms with E-state index >= 15 is 0 Å². The number of aliphatic hydroxyl groups excluding tert-OH is 1. The Morgan fingerprint density at radius 1 is 1.12 bits per heavy atom. The minimum atomic E-state index is -0.710. The fraction of sp³-hybridized carbons (Fsp3) is 0.150. The van der Waals surface area contributed by atoms with E-state index in [0.717, 1.165) is 5.56 Å². The second-order valence-electron chi connectivity index (χ2n) is 6.07. The first-order chi connectivity index (χ1) is 12.6. The number of aromatic nitrogens is 1. The zero-order valence-electron chi connectivity index (χ0n) is 13.7. The minimum absolute atomic E-state index is 0.107. The number of phenolic OH excluding ortho intramolecular Hbond substituents is 1. The average molecular weight is 370 g/mol. The number of rotatable bonds is 3. The van der Waals surface area contributed by atoms with Crippen molar-refractivity contribution >= 4 is 11.6 Å². The molecular formula is C20H16ClNO4. The number of pyridine rings is 1. The van der Waals surface area contributed by atoms with Gasteiger partial charge in [-0.05, 0) is 42.0 Å². The first-order valence-electron chi connectivity index (χ1n) is 8.15. The summed E-state index contributed by atoms with van der Waals surface area (Å²) < 4.78 is 11.8. The number of ether oxygens (including phenoxy) is 2. The summed E-state index contributed by atoms with van der Waals surface area (Å²) in [7, 11) is 0. The molecule has 0 bridgehead atoms. The van der Waals surface area contributed by atoms with E-state index in [9.17, 15) is 10.2 Å². The predicted molar refractivity (Wildman–Crippen MR) is 96.8 cm³/mol. The van der Waals surface area contributed by atoms with E-state index in [1.165, 1.54) is 12.3 Å². The Balaban J connectivity index is 1.57. The summed E-state index contributed by atoms with van der Waals surface area (Å²) >= 11 is 5.83. The lowest BCUT2D eigenvalue weighted by Crippen LogP contribution is -2.19. The second-order valence-corrected chi connectivity index (χ2v) is 6.51. The normalized spacial score (nSPS) is 18.7. The molecule has 1 aliphatic rings. The number of fused-ring (bicyclic) bond motifs is 1. The van der Waals surface area contributed by atoms with Crippen LogP contribution >= 0.6 is 11.6 Å². The van der Waals surface area contributed by atoms with Crippen LogP contribution in [-0.2, 0) is 0 Å². The number of benzene rings is 2. The summed E-state index contributed by atoms with van der Waals surface area (Å²) in [5, 5.41) is 20.5. The molecule has 0 spiro atoms. The van der Waals surface area contributed by atoms with Gasteiger partial charge < -0.3 is 19.7 Å². The van der Waals surface area contributed by atoms with Crippen LogP contribution in [0.2, 0.25) is 5.02 Å². The number of hydrogen-bond donors (Lipinski definition) is 2. The topological polar surface area (TPSA) is 71.8 Å². The zero-order valence-corrected chi connectivity index (χ0v) is 14.4. The van der Waals surface area contributed by atoms with Gasteiger partial charge in [0.15, 0.2) is 0 Å². The molecule has 0 aliphatic carbocycles. The molecule has 26 heavy (non-hydrogen) atoms. The molecule has 1 aromatic heterocycles. The first kappa shape index (κ1) is 16.7. The highest BCUT2D eigenvalue weighted by Crippen LogP contribution is 2.42. The number of halogens is 1. The van der Waals surface area contributed by atoms with Crippen molar-refractivity contribution in [2.24, 2.45) is 0 Å². The van der Waals surface area contributed by atoms with Crippen LogP contribution in [0.1, 0.15) is 29.8 Å². The van der Waals surface area contributed by atoms with Gasteiger partial charge in [-0.3, -0.25) is 0 Å². The van der Waals surface area contributed by atoms with Crippen LogP contribution in [-0.4, -0.2) is 15.2 Å². The number of nitrogens with zero attached hydrogens (tertiary/aromatic N) is 1. The molecule has 0 amide bonds. The molecule has 0 saturated heterocycles. The highest BCUT2D eigenvalue weighted by molar-refractivity contribution is 6.30. The van der Waals surface area contributed by atoms with Crippen molar-refractivity contribution in [2.45, 2.75) is 18.6 Å². The van der Waals surface area contributed by atoms with Crippen LogP contribution in [0, 0.1) is 0 Å². The Kier molecular flexibility index (Phi) is 4.41. The molecule has 6 heteroatoms. The standard InChI is InChI=1S/C20H16ClNO4/c21-13-4-7-20(22-11-13)25-15-3-1-2-12(8-15)19-10-17(24)16-9-14(23)5-6-18(16)26-19/h1-9,11,17,19,23-24H,10H2. The van der Waals surface area contributed by atoms with Crippen LogP contribution < -0.4 is 9.47 Å². The lowest BCUT2D eigenvalue weighted by atomic mass is 9.95. The van der Waals surface area contributed by atoms with E-state index in [4.69, 9.17) is 21.1 Å². The minimum Gasteiger partial charge on any atom is -0.508 e. The van der Waals surface area contributed by atoms with Gasteiger partial charge in [0.05, 0.1) is 11.1 Å². The monoisotopic (exact) mass is 369 g/mol. The summed E-state index contributed by atoms with van der Waals surface area (Å²) in [6.45, 7) is 0. The van der Waals surface area contributed by atoms with E-state index in [1.807, 2.05) is 24.3 Å². The molecule has 1 aliphatic heterocycles. The highest BCUT2D eigenvalue weighted by atomic mass is 35.5. The molecule has 2 atom stereocenters. The molecule has 5 nitrogen and oxygen atoms in total. The van der Waals surface area contributed by atoms with Crippen molar-refractivity contribution in [3.05, 3.63) is 76.9 Å². The Labute approximate surface area is 155 Å². The van der Waals surface area contributed by atoms with E-state index in [0.29, 0.717) is 34.4 Å². The van der Waals surface area contributed by atoms with Crippen LogP contribution in [0.25, 0.3) is 0 Å². The largest absolute Gasteiger partial charge is 0.508 e. The van der Waals surface area contributed by atoms with E-state index < -0.39 is 6.10 Å². The van der Waals surface area contributed by atoms with Crippen LogP contribution in [0.4, 0.5) is 0 Å². The van der Waals surface area contributed by atoms with Gasteiger partial charge in [0.25, 0.3) is 0 Å². The van der Waals surface area contributed by atoms with Gasteiger partial charge in [0.2, 0.25) is 5.88 Å². The second kappa shape index (κ2) is 6.86. The maximum Gasteiger partial charge on any atom is 0.219 e. The molecule has 2 heterocycles. The molecule has 2 unspecified atom stereocenters. The lowest BCUT2D eigenvalue weighted by Gasteiger charge is -2.30. The Morgan fingerprint density at radius 2 is 2.00 bits per heavy atom. The van der Waals surface area contributed by atoms with Gasteiger partial charge in [-0.2, -0.15) is 0 Å². The molecule has 0 radical (unpaired) electrons. The highest BCUT2D eigenvalue weighted by Gasteiger charge is 2.28. The third-order valence-electron chi connectivity index (χ3n) is 4.21. The van der Waals surface area contributed by atoms with Crippen LogP contribution in [0.5, 0.6) is 23.1 Å². The van der Waals surface area contributed by atoms with Gasteiger partial charge in [-0.15, -0.1) is 0 Å². The van der Waals surface area contributed by atoms with Crippen LogP contribution in [0.3, 0.4) is 0 Å². The molecule has 3 aromatic rings. The SMILES string of the molecule is Oc1ccc2c(c1)C(O)CC(c1cccc(Oc3ccc(Cl)cn3)c1)O2. The van der Waals surface area contributed by atoms with Gasteiger partial charge in [-0.1, -0.05) is 23.7 Å². The molecule has 4 rings (SSSR count). The molecule has 0 saturated carbocycles. The summed E-state index contributed by atoms with van der Waals surface area (Å²) in [5.74, 6) is 1.73. The van der Waals surface area contributed by atoms with Crippen molar-refractivity contribution in [1.82, 2.24) is 4.98 Å². The van der Waals surface area contributed by atoms with E-state index in [-0.39, 0.29) is 11.9 Å². The summed E-state index contributed by atoms with van der Waals surface area (Å²) in [5.41, 5.74) is 1.48. The molecule has 0 fully saturated rings. The molecule has 2 N–H and O–H groups in total. The smallest absolute Gasteiger partial charge is 0.219 e. The predicted octanol–water partition coefficient (Wildman–Crippen LogP) is 4.79. The summed E-state index contributed by atoms with van der Waals surface area (Å²) in [6.07, 6.45) is 0.884. The van der Waals surface area contributed by atoms with E-state index in [2.05, 4.69) is 4.98 Å². The maximum atomic E-state index is 10.4. The van der Waals surface area contributed by atoms with Crippen molar-refractivity contribution in [2.75, 3.05) is 0 Å². The van der Waals surface area contributed by atoms with Crippen molar-refractivity contribution in [1.29, 1.82) is 0 Å². The van der Waals surface area contributed by atoms with Crippen LogP contribution in [0.15, 0.2) is 60.8 Å².